The van der Waals surface area contributed by atoms with Crippen LogP contribution in [0.2, 0.25) is 0 Å². The number of carbonyl (C=O) groups excluding carboxylic acids is 2. The van der Waals surface area contributed by atoms with E-state index in [4.69, 9.17) is 0 Å². The van der Waals surface area contributed by atoms with Gasteiger partial charge in [-0.2, -0.15) is 0 Å². The molecule has 0 saturated carbocycles. The lowest BCUT2D eigenvalue weighted by Crippen LogP contribution is -2.52. The molecule has 1 atom stereocenters. The average molecular weight is 471 g/mol. The molecule has 8 nitrogen and oxygen atoms in total. The Morgan fingerprint density at radius 3 is 2.33 bits per heavy atom. The number of urea groups is 1. The van der Waals surface area contributed by atoms with Crippen molar-refractivity contribution in [2.75, 3.05) is 7.05 Å². The zero-order valence-electron chi connectivity index (χ0n) is 18.4. The third-order valence-electron chi connectivity index (χ3n) is 5.00. The number of pyridine rings is 1. The number of amides is 3. The van der Waals surface area contributed by atoms with Crippen molar-refractivity contribution in [1.82, 2.24) is 19.9 Å². The number of benzene rings is 2. The molecular formula is C24H30N4O4S. The highest BCUT2D eigenvalue weighted by molar-refractivity contribution is 7.90. The lowest BCUT2D eigenvalue weighted by atomic mass is 10.0. The Bertz CT molecular complexity index is 1210. The minimum absolute atomic E-state index is 0. The number of carbonyl (C=O) groups is 2. The van der Waals surface area contributed by atoms with Gasteiger partial charge in [0.25, 0.3) is 10.0 Å². The number of likely N-dealkylation sites (N-methyl/N-ethyl adjacent to an activating group) is 1. The summed E-state index contributed by atoms with van der Waals surface area (Å²) in [4.78, 5) is 31.5. The van der Waals surface area contributed by atoms with Crippen LogP contribution in [-0.4, -0.2) is 43.3 Å². The Morgan fingerprint density at radius 1 is 1.00 bits per heavy atom. The third kappa shape index (κ3) is 6.63. The fraction of sp³-hybridized carbons (Fsp3) is 0.208. The van der Waals surface area contributed by atoms with Gasteiger partial charge in [0.2, 0.25) is 5.91 Å². The first kappa shape index (κ1) is 23.9. The summed E-state index contributed by atoms with van der Waals surface area (Å²) in [7, 11) is -2.49. The van der Waals surface area contributed by atoms with Crippen molar-refractivity contribution in [3.8, 4) is 0 Å². The van der Waals surface area contributed by atoms with Crippen LogP contribution in [0.4, 0.5) is 4.79 Å². The van der Waals surface area contributed by atoms with Crippen molar-refractivity contribution in [3.05, 3.63) is 95.8 Å². The van der Waals surface area contributed by atoms with E-state index in [1.165, 1.54) is 11.0 Å². The van der Waals surface area contributed by atoms with Crippen LogP contribution in [0.5, 0.6) is 0 Å². The van der Waals surface area contributed by atoms with Crippen LogP contribution < -0.4 is 10.0 Å². The fourth-order valence-corrected chi connectivity index (χ4v) is 4.51. The second kappa shape index (κ2) is 10.7. The molecule has 0 radical (unpaired) electrons. The molecule has 3 amide bonds. The Hall–Kier alpha value is -3.72. The lowest BCUT2D eigenvalue weighted by molar-refractivity contribution is -0.132. The van der Waals surface area contributed by atoms with Crippen LogP contribution in [-0.2, 0) is 27.8 Å². The molecule has 9 heteroatoms. The normalized spacial score (nSPS) is 11.9. The summed E-state index contributed by atoms with van der Waals surface area (Å²) in [5.74, 6) is -0.368. The van der Waals surface area contributed by atoms with Crippen molar-refractivity contribution in [2.24, 2.45) is 0 Å². The van der Waals surface area contributed by atoms with Crippen molar-refractivity contribution >= 4 is 22.0 Å². The SMILES string of the molecule is Cc1ccccc1S(=O)(=O)NC(=O)N[C@@H](Cc1ccccc1)C(=O)N(C)Cc1ccccn1.[HH].[HH]. The number of aromatic nitrogens is 1. The Balaban J connectivity index is 0.00000306. The molecule has 1 aromatic heterocycles. The number of rotatable bonds is 8. The van der Waals surface area contributed by atoms with Crippen LogP contribution in [0, 0.1) is 6.92 Å². The van der Waals surface area contributed by atoms with E-state index in [1.54, 1.807) is 50.5 Å². The fourth-order valence-electron chi connectivity index (χ4n) is 3.35. The summed E-state index contributed by atoms with van der Waals surface area (Å²) >= 11 is 0. The molecule has 0 bridgehead atoms. The number of nitrogens with one attached hydrogen (secondary N) is 2. The monoisotopic (exact) mass is 470 g/mol. The quantitative estimate of drug-likeness (QED) is 0.526. The highest BCUT2D eigenvalue weighted by Gasteiger charge is 2.27. The maximum absolute atomic E-state index is 13.2. The van der Waals surface area contributed by atoms with Gasteiger partial charge in [0, 0.05) is 22.5 Å². The molecule has 0 unspecified atom stereocenters. The zero-order valence-corrected chi connectivity index (χ0v) is 19.2. The van der Waals surface area contributed by atoms with Gasteiger partial charge >= 0.3 is 6.03 Å². The molecule has 0 fully saturated rings. The first-order valence-electron chi connectivity index (χ1n) is 10.3. The minimum Gasteiger partial charge on any atom is -0.338 e. The van der Waals surface area contributed by atoms with Gasteiger partial charge in [-0.15, -0.1) is 0 Å². The van der Waals surface area contributed by atoms with Crippen molar-refractivity contribution in [3.63, 3.8) is 0 Å². The molecule has 33 heavy (non-hydrogen) atoms. The van der Waals surface area contributed by atoms with E-state index in [0.717, 1.165) is 5.56 Å². The van der Waals surface area contributed by atoms with E-state index in [1.807, 2.05) is 41.1 Å². The van der Waals surface area contributed by atoms with E-state index in [2.05, 4.69) is 10.3 Å². The molecule has 2 aromatic carbocycles. The second-order valence-electron chi connectivity index (χ2n) is 7.60. The first-order chi connectivity index (χ1) is 15.8. The predicted octanol–water partition coefficient (Wildman–Crippen LogP) is 3.14. The molecule has 0 aliphatic rings. The molecule has 0 aliphatic heterocycles. The standard InChI is InChI=1S/C24H26N4O4S.2H2/c1-18-10-6-7-14-22(18)33(31,32)27-24(30)26-21(16-19-11-4-3-5-12-19)23(29)28(2)17-20-13-8-9-15-25-20;;/h3-15,21H,16-17H2,1-2H3,(H2,26,27,30);2*1H/t21-;;/m0../s1. The molecule has 0 spiro atoms. The smallest absolute Gasteiger partial charge is 0.329 e. The molecule has 3 rings (SSSR count). The summed E-state index contributed by atoms with van der Waals surface area (Å²) in [6, 6.07) is 19.0. The van der Waals surface area contributed by atoms with Crippen LogP contribution in [0.25, 0.3) is 0 Å². The van der Waals surface area contributed by atoms with Crippen molar-refractivity contribution in [1.29, 1.82) is 0 Å². The second-order valence-corrected chi connectivity index (χ2v) is 9.25. The van der Waals surface area contributed by atoms with Crippen LogP contribution in [0.3, 0.4) is 0 Å². The van der Waals surface area contributed by atoms with E-state index >= 15 is 0 Å². The predicted molar refractivity (Wildman–Crippen MR) is 129 cm³/mol. The van der Waals surface area contributed by atoms with Gasteiger partial charge in [0.1, 0.15) is 6.04 Å². The topological polar surface area (TPSA) is 108 Å². The van der Waals surface area contributed by atoms with Gasteiger partial charge in [0.05, 0.1) is 17.1 Å². The number of sulfonamides is 1. The maximum Gasteiger partial charge on any atom is 0.329 e. The molecular weight excluding hydrogens is 440 g/mol. The van der Waals surface area contributed by atoms with Crippen LogP contribution >= 0.6 is 0 Å². The van der Waals surface area contributed by atoms with Gasteiger partial charge in [-0.1, -0.05) is 54.6 Å². The number of hydrogen-bond acceptors (Lipinski definition) is 5. The van der Waals surface area contributed by atoms with Gasteiger partial charge in [-0.3, -0.25) is 9.78 Å². The highest BCUT2D eigenvalue weighted by Crippen LogP contribution is 2.14. The van der Waals surface area contributed by atoms with E-state index in [-0.39, 0.29) is 26.6 Å². The number of hydrogen-bond donors (Lipinski definition) is 2. The molecule has 2 N–H and O–H groups in total. The first-order valence-corrected chi connectivity index (χ1v) is 11.8. The van der Waals surface area contributed by atoms with Crippen molar-refractivity contribution in [2.45, 2.75) is 30.8 Å². The Kier molecular flexibility index (Phi) is 7.78. The van der Waals surface area contributed by atoms with E-state index < -0.39 is 22.1 Å². The van der Waals surface area contributed by atoms with Gasteiger partial charge < -0.3 is 10.2 Å². The summed E-state index contributed by atoms with van der Waals surface area (Å²) in [5.41, 5.74) is 2.02. The molecule has 3 aromatic rings. The van der Waals surface area contributed by atoms with Crippen LogP contribution in [0.1, 0.15) is 19.7 Å². The largest absolute Gasteiger partial charge is 0.338 e. The van der Waals surface area contributed by atoms with E-state index in [9.17, 15) is 18.0 Å². The Morgan fingerprint density at radius 2 is 1.67 bits per heavy atom. The third-order valence-corrected chi connectivity index (χ3v) is 6.49. The molecule has 0 aliphatic carbocycles. The Labute approximate surface area is 196 Å². The lowest BCUT2D eigenvalue weighted by Gasteiger charge is -2.25. The summed E-state index contributed by atoms with van der Waals surface area (Å²) in [6.07, 6.45) is 1.83. The molecule has 1 heterocycles. The minimum atomic E-state index is -4.10. The molecule has 176 valence electrons. The van der Waals surface area contributed by atoms with Crippen LogP contribution in [0.15, 0.2) is 83.9 Å². The van der Waals surface area contributed by atoms with E-state index in [0.29, 0.717) is 11.3 Å². The van der Waals surface area contributed by atoms with Gasteiger partial charge in [0.15, 0.2) is 0 Å². The van der Waals surface area contributed by atoms with Crippen molar-refractivity contribution < 1.29 is 20.9 Å². The number of aryl methyl sites for hydroxylation is 1. The summed E-state index contributed by atoms with van der Waals surface area (Å²) in [6.45, 7) is 1.89. The summed E-state index contributed by atoms with van der Waals surface area (Å²) in [5, 5.41) is 2.54. The molecule has 0 saturated heterocycles. The average Bonchev–Trinajstić information content (AvgIpc) is 2.79. The highest BCUT2D eigenvalue weighted by atomic mass is 32.2. The zero-order chi connectivity index (χ0) is 23.8. The number of nitrogens with zero attached hydrogens (tertiary/aromatic N) is 2. The van der Waals surface area contributed by atoms with Gasteiger partial charge in [-0.25, -0.2) is 17.9 Å². The van der Waals surface area contributed by atoms with Gasteiger partial charge in [-0.05, 0) is 36.2 Å². The maximum atomic E-state index is 13.2. The summed E-state index contributed by atoms with van der Waals surface area (Å²) < 4.78 is 27.4.